The zero-order valence-electron chi connectivity index (χ0n) is 13.0. The van der Waals surface area contributed by atoms with E-state index in [4.69, 9.17) is 16.3 Å². The third-order valence-corrected chi connectivity index (χ3v) is 3.98. The van der Waals surface area contributed by atoms with Crippen LogP contribution in [0, 0.1) is 6.92 Å². The lowest BCUT2D eigenvalue weighted by atomic mass is 10.1. The van der Waals surface area contributed by atoms with E-state index in [0.717, 1.165) is 5.56 Å². The van der Waals surface area contributed by atoms with Crippen molar-refractivity contribution < 1.29 is 9.53 Å². The number of benzene rings is 1. The van der Waals surface area contributed by atoms with Crippen LogP contribution in [0.25, 0.3) is 5.65 Å². The number of hydrogen-bond donors (Lipinski definition) is 0. The van der Waals surface area contributed by atoms with E-state index in [0.29, 0.717) is 21.9 Å². The van der Waals surface area contributed by atoms with Crippen LogP contribution in [0.5, 0.6) is 0 Å². The molecule has 1 aromatic carbocycles. The van der Waals surface area contributed by atoms with Crippen LogP contribution < -0.4 is 5.56 Å². The first-order valence-corrected chi connectivity index (χ1v) is 7.79. The van der Waals surface area contributed by atoms with Gasteiger partial charge >= 0.3 is 5.97 Å². The van der Waals surface area contributed by atoms with Gasteiger partial charge in [-0.1, -0.05) is 35.9 Å². The number of aryl methyl sites for hydroxylation is 1. The zero-order chi connectivity index (χ0) is 17.1. The van der Waals surface area contributed by atoms with E-state index in [2.05, 4.69) is 4.98 Å². The van der Waals surface area contributed by atoms with Crippen LogP contribution in [0.3, 0.4) is 0 Å². The smallest absolute Gasteiger partial charge is 0.310 e. The number of carbonyl (C=O) groups is 1. The molecule has 0 fully saturated rings. The molecule has 2 aromatic heterocycles. The summed E-state index contributed by atoms with van der Waals surface area (Å²) in [6.07, 6.45) is 1.73. The molecule has 0 unspecified atom stereocenters. The number of esters is 1. The number of rotatable bonds is 4. The molecule has 3 aromatic rings. The summed E-state index contributed by atoms with van der Waals surface area (Å²) >= 11 is 6.02. The van der Waals surface area contributed by atoms with Crippen molar-refractivity contribution in [1.29, 1.82) is 0 Å². The van der Waals surface area contributed by atoms with E-state index in [1.54, 1.807) is 30.5 Å². The molecule has 122 valence electrons. The highest BCUT2D eigenvalue weighted by Crippen LogP contribution is 2.16. The van der Waals surface area contributed by atoms with Gasteiger partial charge in [0.15, 0.2) is 0 Å². The number of halogens is 1. The Morgan fingerprint density at radius 1 is 1.25 bits per heavy atom. The molecule has 0 saturated heterocycles. The topological polar surface area (TPSA) is 60.7 Å². The van der Waals surface area contributed by atoms with Crippen LogP contribution in [-0.2, 0) is 22.6 Å². The SMILES string of the molecule is Cc1cccn2c(=O)cc(COC(=O)Cc3ccccc3Cl)nc12. The van der Waals surface area contributed by atoms with Gasteiger partial charge in [0.1, 0.15) is 12.3 Å². The average molecular weight is 343 g/mol. The molecular weight excluding hydrogens is 328 g/mol. The molecule has 0 bridgehead atoms. The Morgan fingerprint density at radius 2 is 2.04 bits per heavy atom. The largest absolute Gasteiger partial charge is 0.459 e. The Morgan fingerprint density at radius 3 is 2.83 bits per heavy atom. The summed E-state index contributed by atoms with van der Waals surface area (Å²) in [4.78, 5) is 28.5. The normalized spacial score (nSPS) is 10.8. The van der Waals surface area contributed by atoms with Crippen LogP contribution >= 0.6 is 11.6 Å². The fraction of sp³-hybridized carbons (Fsp3) is 0.167. The van der Waals surface area contributed by atoms with E-state index in [-0.39, 0.29) is 18.6 Å². The van der Waals surface area contributed by atoms with Gasteiger partial charge in [-0.25, -0.2) is 4.98 Å². The van der Waals surface area contributed by atoms with Crippen molar-refractivity contribution in [1.82, 2.24) is 9.38 Å². The van der Waals surface area contributed by atoms with Crippen molar-refractivity contribution in [2.75, 3.05) is 0 Å². The monoisotopic (exact) mass is 342 g/mol. The summed E-state index contributed by atoms with van der Waals surface area (Å²) in [5.41, 5.74) is 2.34. The van der Waals surface area contributed by atoms with Crippen molar-refractivity contribution in [2.45, 2.75) is 20.0 Å². The molecule has 0 atom stereocenters. The molecule has 0 saturated carbocycles. The molecule has 3 rings (SSSR count). The fourth-order valence-electron chi connectivity index (χ4n) is 2.39. The number of nitrogens with zero attached hydrogens (tertiary/aromatic N) is 2. The summed E-state index contributed by atoms with van der Waals surface area (Å²) in [6, 6.07) is 12.1. The maximum absolute atomic E-state index is 12.1. The summed E-state index contributed by atoms with van der Waals surface area (Å²) in [5.74, 6) is -0.421. The lowest BCUT2D eigenvalue weighted by Gasteiger charge is -2.08. The number of fused-ring (bicyclic) bond motifs is 1. The van der Waals surface area contributed by atoms with Crippen LogP contribution in [0.2, 0.25) is 5.02 Å². The highest BCUT2D eigenvalue weighted by molar-refractivity contribution is 6.31. The van der Waals surface area contributed by atoms with Gasteiger partial charge < -0.3 is 4.74 Å². The predicted octanol–water partition coefficient (Wildman–Crippen LogP) is 2.94. The molecule has 0 spiro atoms. The maximum atomic E-state index is 12.1. The summed E-state index contributed by atoms with van der Waals surface area (Å²) in [6.45, 7) is 1.82. The Kier molecular flexibility index (Phi) is 4.62. The second-order valence-corrected chi connectivity index (χ2v) is 5.81. The molecule has 0 radical (unpaired) electrons. The van der Waals surface area contributed by atoms with Gasteiger partial charge in [-0.15, -0.1) is 0 Å². The molecule has 0 aliphatic heterocycles. The van der Waals surface area contributed by atoms with Gasteiger partial charge in [-0.2, -0.15) is 0 Å². The molecule has 0 amide bonds. The minimum atomic E-state index is -0.421. The molecular formula is C18H15ClN2O3. The van der Waals surface area contributed by atoms with Crippen molar-refractivity contribution >= 4 is 23.2 Å². The Bertz CT molecular complexity index is 966. The van der Waals surface area contributed by atoms with Gasteiger partial charge in [0, 0.05) is 17.3 Å². The second-order valence-electron chi connectivity index (χ2n) is 5.40. The highest BCUT2D eigenvalue weighted by Gasteiger charge is 2.10. The quantitative estimate of drug-likeness (QED) is 0.684. The average Bonchev–Trinajstić information content (AvgIpc) is 2.56. The predicted molar refractivity (Wildman–Crippen MR) is 91.2 cm³/mol. The lowest BCUT2D eigenvalue weighted by Crippen LogP contribution is -2.17. The molecule has 5 nitrogen and oxygen atoms in total. The standard InChI is InChI=1S/C18H15ClN2O3/c1-12-5-4-8-21-16(22)10-14(20-18(12)21)11-24-17(23)9-13-6-2-3-7-15(13)19/h2-8,10H,9,11H2,1H3. The third-order valence-electron chi connectivity index (χ3n) is 3.61. The van der Waals surface area contributed by atoms with E-state index in [1.165, 1.54) is 10.5 Å². The number of carbonyl (C=O) groups excluding carboxylic acids is 1. The van der Waals surface area contributed by atoms with Crippen LogP contribution in [0.15, 0.2) is 53.5 Å². The van der Waals surface area contributed by atoms with Gasteiger partial charge in [0.2, 0.25) is 0 Å². The van der Waals surface area contributed by atoms with E-state index < -0.39 is 5.97 Å². The van der Waals surface area contributed by atoms with Gasteiger partial charge in [0.25, 0.3) is 5.56 Å². The third kappa shape index (κ3) is 3.46. The Balaban J connectivity index is 1.74. The van der Waals surface area contributed by atoms with Crippen molar-refractivity contribution in [3.05, 3.63) is 80.9 Å². The summed E-state index contributed by atoms with van der Waals surface area (Å²) in [5, 5.41) is 0.521. The molecule has 0 N–H and O–H groups in total. The lowest BCUT2D eigenvalue weighted by molar-refractivity contribution is -0.144. The van der Waals surface area contributed by atoms with Crippen LogP contribution in [-0.4, -0.2) is 15.4 Å². The second kappa shape index (κ2) is 6.84. The first-order chi connectivity index (χ1) is 11.5. The number of ether oxygens (including phenoxy) is 1. The van der Waals surface area contributed by atoms with E-state index in [9.17, 15) is 9.59 Å². The number of aromatic nitrogens is 2. The van der Waals surface area contributed by atoms with Crippen molar-refractivity contribution in [3.8, 4) is 0 Å². The van der Waals surface area contributed by atoms with Crippen molar-refractivity contribution in [2.24, 2.45) is 0 Å². The molecule has 0 aliphatic carbocycles. The minimum Gasteiger partial charge on any atom is -0.459 e. The van der Waals surface area contributed by atoms with Crippen LogP contribution in [0.4, 0.5) is 0 Å². The van der Waals surface area contributed by atoms with E-state index >= 15 is 0 Å². The zero-order valence-corrected chi connectivity index (χ0v) is 13.8. The first-order valence-electron chi connectivity index (χ1n) is 7.41. The Hall–Kier alpha value is -2.66. The maximum Gasteiger partial charge on any atom is 0.310 e. The van der Waals surface area contributed by atoms with Crippen LogP contribution in [0.1, 0.15) is 16.8 Å². The van der Waals surface area contributed by atoms with Gasteiger partial charge in [-0.05, 0) is 30.2 Å². The Labute approximate surface area is 143 Å². The summed E-state index contributed by atoms with van der Waals surface area (Å²) in [7, 11) is 0. The number of hydrogen-bond acceptors (Lipinski definition) is 4. The number of pyridine rings is 1. The summed E-state index contributed by atoms with van der Waals surface area (Å²) < 4.78 is 6.69. The highest BCUT2D eigenvalue weighted by atomic mass is 35.5. The van der Waals surface area contributed by atoms with E-state index in [1.807, 2.05) is 19.1 Å². The fourth-order valence-corrected chi connectivity index (χ4v) is 2.59. The first kappa shape index (κ1) is 16.2. The minimum absolute atomic E-state index is 0.0522. The molecule has 2 heterocycles. The van der Waals surface area contributed by atoms with Gasteiger partial charge in [0.05, 0.1) is 12.1 Å². The molecule has 6 heteroatoms. The van der Waals surface area contributed by atoms with Crippen molar-refractivity contribution in [3.63, 3.8) is 0 Å². The molecule has 0 aliphatic rings. The van der Waals surface area contributed by atoms with Gasteiger partial charge in [-0.3, -0.25) is 14.0 Å². The molecule has 24 heavy (non-hydrogen) atoms.